The van der Waals surface area contributed by atoms with Crippen molar-refractivity contribution in [2.45, 2.75) is 30.9 Å². The molecule has 0 bridgehead atoms. The van der Waals surface area contributed by atoms with Crippen molar-refractivity contribution in [2.75, 3.05) is 5.75 Å². The Bertz CT molecular complexity index is 749. The highest BCUT2D eigenvalue weighted by Crippen LogP contribution is 2.23. The minimum absolute atomic E-state index is 0.282. The average Bonchev–Trinajstić information content (AvgIpc) is 2.83. The molecule has 0 saturated carbocycles. The molecule has 106 valence electrons. The van der Waals surface area contributed by atoms with E-state index in [0.717, 1.165) is 24.8 Å². The molecule has 0 N–H and O–H groups in total. The van der Waals surface area contributed by atoms with Gasteiger partial charge in [-0.1, -0.05) is 12.5 Å². The fourth-order valence-electron chi connectivity index (χ4n) is 2.76. The standard InChI is InChI=1S/C14H16N2O3S/c17-10-12-4-3-6-14-15-11(9-16(12)14)8-13-5-1-2-7-20(13,18)19/h3-4,6,9-10,13H,1-2,5,7-8H2. The molecule has 2 aromatic heterocycles. The molecule has 2 aromatic rings. The Hall–Kier alpha value is -1.69. The van der Waals surface area contributed by atoms with Crippen LogP contribution in [0.1, 0.15) is 35.4 Å². The van der Waals surface area contributed by atoms with Crippen molar-refractivity contribution in [3.05, 3.63) is 35.8 Å². The quantitative estimate of drug-likeness (QED) is 0.807. The second-order valence-corrected chi connectivity index (χ2v) is 7.62. The zero-order chi connectivity index (χ0) is 14.2. The van der Waals surface area contributed by atoms with E-state index in [-0.39, 0.29) is 11.0 Å². The zero-order valence-corrected chi connectivity index (χ0v) is 11.8. The molecule has 6 heteroatoms. The van der Waals surface area contributed by atoms with E-state index in [1.54, 1.807) is 22.7 Å². The van der Waals surface area contributed by atoms with Crippen molar-refractivity contribution in [1.82, 2.24) is 9.38 Å². The lowest BCUT2D eigenvalue weighted by Crippen LogP contribution is -2.30. The fourth-order valence-corrected chi connectivity index (χ4v) is 4.65. The largest absolute Gasteiger partial charge is 0.297 e. The Kier molecular flexibility index (Phi) is 3.33. The molecule has 0 spiro atoms. The topological polar surface area (TPSA) is 68.5 Å². The smallest absolute Gasteiger partial charge is 0.166 e. The van der Waals surface area contributed by atoms with Gasteiger partial charge in [-0.2, -0.15) is 0 Å². The van der Waals surface area contributed by atoms with Crippen LogP contribution in [-0.4, -0.2) is 35.1 Å². The lowest BCUT2D eigenvalue weighted by molar-refractivity contribution is 0.111. The monoisotopic (exact) mass is 292 g/mol. The molecule has 1 saturated heterocycles. The molecule has 1 aliphatic rings. The summed E-state index contributed by atoms with van der Waals surface area (Å²) in [6.07, 6.45) is 5.40. The number of imidazole rings is 1. The third-order valence-electron chi connectivity index (χ3n) is 3.84. The van der Waals surface area contributed by atoms with E-state index in [1.165, 1.54) is 0 Å². The molecule has 0 aliphatic carbocycles. The third-order valence-corrected chi connectivity index (χ3v) is 6.12. The minimum Gasteiger partial charge on any atom is -0.297 e. The third kappa shape index (κ3) is 2.35. The van der Waals surface area contributed by atoms with Crippen LogP contribution >= 0.6 is 0 Å². The second kappa shape index (κ2) is 5.01. The second-order valence-electron chi connectivity index (χ2n) is 5.22. The number of aldehydes is 1. The van der Waals surface area contributed by atoms with Crippen molar-refractivity contribution in [1.29, 1.82) is 0 Å². The average molecular weight is 292 g/mol. The number of hydrogen-bond acceptors (Lipinski definition) is 4. The summed E-state index contributed by atoms with van der Waals surface area (Å²) in [7, 11) is -2.99. The number of pyridine rings is 1. The maximum Gasteiger partial charge on any atom is 0.166 e. The van der Waals surface area contributed by atoms with Crippen molar-refractivity contribution >= 4 is 21.8 Å². The number of fused-ring (bicyclic) bond motifs is 1. The summed E-state index contributed by atoms with van der Waals surface area (Å²) in [4.78, 5) is 15.4. The number of aromatic nitrogens is 2. The van der Waals surface area contributed by atoms with E-state index in [9.17, 15) is 13.2 Å². The molecular weight excluding hydrogens is 276 g/mol. The summed E-state index contributed by atoms with van der Waals surface area (Å²) >= 11 is 0. The van der Waals surface area contributed by atoms with Gasteiger partial charge in [0.25, 0.3) is 0 Å². The van der Waals surface area contributed by atoms with Crippen LogP contribution in [0.15, 0.2) is 24.4 Å². The molecule has 1 fully saturated rings. The molecule has 3 heterocycles. The predicted octanol–water partition coefficient (Wildman–Crippen LogP) is 1.66. The maximum absolute atomic E-state index is 12.0. The van der Waals surface area contributed by atoms with Crippen LogP contribution in [0.5, 0.6) is 0 Å². The fraction of sp³-hybridized carbons (Fsp3) is 0.429. The van der Waals surface area contributed by atoms with Gasteiger partial charge < -0.3 is 0 Å². The van der Waals surface area contributed by atoms with Crippen LogP contribution in [0.4, 0.5) is 0 Å². The van der Waals surface area contributed by atoms with E-state index in [1.807, 2.05) is 6.07 Å². The van der Waals surface area contributed by atoms with Gasteiger partial charge in [0.15, 0.2) is 16.1 Å². The molecule has 0 aromatic carbocycles. The van der Waals surface area contributed by atoms with Crippen molar-refractivity contribution < 1.29 is 13.2 Å². The van der Waals surface area contributed by atoms with Crippen molar-refractivity contribution in [2.24, 2.45) is 0 Å². The Labute approximate surface area is 117 Å². The summed E-state index contributed by atoms with van der Waals surface area (Å²) < 4.78 is 25.8. The van der Waals surface area contributed by atoms with Crippen LogP contribution in [0.3, 0.4) is 0 Å². The lowest BCUT2D eigenvalue weighted by Gasteiger charge is -2.21. The van der Waals surface area contributed by atoms with Gasteiger partial charge in [-0.3, -0.25) is 9.20 Å². The number of hydrogen-bond donors (Lipinski definition) is 0. The lowest BCUT2D eigenvalue weighted by atomic mass is 10.1. The summed E-state index contributed by atoms with van der Waals surface area (Å²) in [6.45, 7) is 0. The van der Waals surface area contributed by atoms with E-state index in [0.29, 0.717) is 24.2 Å². The molecule has 20 heavy (non-hydrogen) atoms. The minimum atomic E-state index is -2.99. The highest BCUT2D eigenvalue weighted by Gasteiger charge is 2.29. The number of carbonyl (C=O) groups excluding carboxylic acids is 1. The van der Waals surface area contributed by atoms with Gasteiger partial charge in [0.05, 0.1) is 22.4 Å². The molecule has 1 aliphatic heterocycles. The first-order chi connectivity index (χ1) is 9.60. The number of carbonyl (C=O) groups is 1. The van der Waals surface area contributed by atoms with Crippen LogP contribution in [0, 0.1) is 0 Å². The molecule has 5 nitrogen and oxygen atoms in total. The van der Waals surface area contributed by atoms with Gasteiger partial charge in [-0.05, 0) is 25.0 Å². The number of rotatable bonds is 3. The Morgan fingerprint density at radius 1 is 1.35 bits per heavy atom. The molecule has 0 amide bonds. The molecule has 1 unspecified atom stereocenters. The predicted molar refractivity (Wildman–Crippen MR) is 75.7 cm³/mol. The Balaban J connectivity index is 1.93. The maximum atomic E-state index is 12.0. The first-order valence-corrected chi connectivity index (χ1v) is 8.45. The number of sulfone groups is 1. The first-order valence-electron chi connectivity index (χ1n) is 6.74. The summed E-state index contributed by atoms with van der Waals surface area (Å²) in [5, 5.41) is -0.333. The zero-order valence-electron chi connectivity index (χ0n) is 11.0. The molecular formula is C14H16N2O3S. The molecule has 1 atom stereocenters. The van der Waals surface area contributed by atoms with E-state index >= 15 is 0 Å². The molecule has 0 radical (unpaired) electrons. The SMILES string of the molecule is O=Cc1cccc2nc(CC3CCCCS3(=O)=O)cn12. The Morgan fingerprint density at radius 2 is 2.20 bits per heavy atom. The van der Waals surface area contributed by atoms with E-state index in [4.69, 9.17) is 0 Å². The normalized spacial score (nSPS) is 21.9. The highest BCUT2D eigenvalue weighted by molar-refractivity contribution is 7.92. The van der Waals surface area contributed by atoms with Crippen LogP contribution in [0.25, 0.3) is 5.65 Å². The van der Waals surface area contributed by atoms with E-state index in [2.05, 4.69) is 4.98 Å². The van der Waals surface area contributed by atoms with Crippen molar-refractivity contribution in [3.8, 4) is 0 Å². The van der Waals surface area contributed by atoms with Gasteiger partial charge in [0, 0.05) is 12.6 Å². The summed E-state index contributed by atoms with van der Waals surface area (Å²) in [5.41, 5.74) is 1.93. The van der Waals surface area contributed by atoms with Gasteiger partial charge in [0.1, 0.15) is 5.65 Å². The van der Waals surface area contributed by atoms with Gasteiger partial charge in [-0.25, -0.2) is 13.4 Å². The van der Waals surface area contributed by atoms with Gasteiger partial charge in [-0.15, -0.1) is 0 Å². The van der Waals surface area contributed by atoms with E-state index < -0.39 is 9.84 Å². The van der Waals surface area contributed by atoms with Crippen LogP contribution < -0.4 is 0 Å². The summed E-state index contributed by atoms with van der Waals surface area (Å²) in [6, 6.07) is 5.29. The summed E-state index contributed by atoms with van der Waals surface area (Å²) in [5.74, 6) is 0.282. The van der Waals surface area contributed by atoms with Gasteiger partial charge in [0.2, 0.25) is 0 Å². The number of nitrogens with zero attached hydrogens (tertiary/aromatic N) is 2. The Morgan fingerprint density at radius 3 is 2.95 bits per heavy atom. The van der Waals surface area contributed by atoms with Crippen LogP contribution in [0.2, 0.25) is 0 Å². The van der Waals surface area contributed by atoms with Crippen molar-refractivity contribution in [3.63, 3.8) is 0 Å². The highest BCUT2D eigenvalue weighted by atomic mass is 32.2. The molecule has 3 rings (SSSR count). The first kappa shape index (κ1) is 13.3. The van der Waals surface area contributed by atoms with Gasteiger partial charge >= 0.3 is 0 Å². The van der Waals surface area contributed by atoms with Crippen LogP contribution in [-0.2, 0) is 16.3 Å².